The molecule has 340 valence electrons. The van der Waals surface area contributed by atoms with Crippen molar-refractivity contribution in [2.45, 2.75) is 34.1 Å². The maximum atomic E-state index is 13.4. The Morgan fingerprint density at radius 3 is 1.65 bits per heavy atom. The second-order valence-electron chi connectivity index (χ2n) is 13.5. The molecule has 0 saturated heterocycles. The maximum absolute atomic E-state index is 13.4. The van der Waals surface area contributed by atoms with Crippen LogP contribution in [0.5, 0.6) is 11.5 Å². The van der Waals surface area contributed by atoms with E-state index in [4.69, 9.17) is 1.37 Å². The molecule has 3 aromatic carbocycles. The topological polar surface area (TPSA) is 145 Å². The van der Waals surface area contributed by atoms with Gasteiger partial charge in [0.15, 0.2) is 5.52 Å². The zero-order valence-corrected chi connectivity index (χ0v) is 32.8. The fraction of sp³-hybridized carbons (Fsp3) is 0.182. The lowest BCUT2D eigenvalue weighted by Crippen LogP contribution is -2.20. The molecule has 0 aliphatic heterocycles. The van der Waals surface area contributed by atoms with E-state index in [1.165, 1.54) is 39.7 Å². The predicted molar refractivity (Wildman–Crippen MR) is 231 cm³/mol. The number of hydrogen-bond donors (Lipinski definition) is 1. The molecular weight excluding hydrogens is 866 g/mol. The normalized spacial score (nSPS) is 11.4. The molecule has 0 saturated carbocycles. The molecule has 0 radical (unpaired) electrons. The van der Waals surface area contributed by atoms with E-state index in [2.05, 4.69) is 34.6 Å². The predicted octanol–water partition coefficient (Wildman–Crippen LogP) is 9.41. The Balaban J connectivity index is 0.000000232. The summed E-state index contributed by atoms with van der Waals surface area (Å²) in [6.07, 6.45) is 3.62. The van der Waals surface area contributed by atoms with Gasteiger partial charge in [-0.05, 0) is 54.1 Å². The van der Waals surface area contributed by atoms with E-state index in [9.17, 15) is 40.3 Å². The first-order valence-corrected chi connectivity index (χ1v) is 18.3. The van der Waals surface area contributed by atoms with Crippen molar-refractivity contribution >= 4 is 22.1 Å². The molecule has 0 spiro atoms. The molecule has 9 rings (SSSR count). The van der Waals surface area contributed by atoms with Crippen LogP contribution >= 0.6 is 0 Å². The molecule has 65 heavy (non-hydrogen) atoms. The van der Waals surface area contributed by atoms with Crippen LogP contribution in [0.15, 0.2) is 138 Å². The molecule has 6 heterocycles. The number of halogens is 7. The third-order valence-corrected chi connectivity index (χ3v) is 9.28. The highest BCUT2D eigenvalue weighted by Gasteiger charge is 2.32. The minimum atomic E-state index is -4.80. The van der Waals surface area contributed by atoms with Crippen molar-refractivity contribution in [2.75, 3.05) is 7.15 Å². The molecule has 0 atom stereocenters. The van der Waals surface area contributed by atoms with Gasteiger partial charge in [0.1, 0.15) is 22.5 Å². The van der Waals surface area contributed by atoms with Crippen molar-refractivity contribution in [2.24, 2.45) is 14.1 Å². The quantitative estimate of drug-likeness (QED) is 0.149. The molecule has 6 aromatic heterocycles. The van der Waals surface area contributed by atoms with Crippen molar-refractivity contribution in [3.05, 3.63) is 155 Å². The highest BCUT2D eigenvalue weighted by Crippen LogP contribution is 2.30. The number of imidazole rings is 2. The summed E-state index contributed by atoms with van der Waals surface area (Å²) >= 11 is 0. The van der Waals surface area contributed by atoms with E-state index in [-0.39, 0.29) is 48.5 Å². The van der Waals surface area contributed by atoms with Crippen LogP contribution in [-0.2, 0) is 20.6 Å². The molecule has 0 aliphatic rings. The summed E-state index contributed by atoms with van der Waals surface area (Å²) in [5.74, 6) is -0.737. The summed E-state index contributed by atoms with van der Waals surface area (Å²) in [5, 5.41) is 8.37. The van der Waals surface area contributed by atoms with E-state index >= 15 is 0 Å². The standard InChI is InChI=1S/C24H18F3N5O2.C17H12F3N5O2.CH3F.2CH4/c1-30-13-17(11-29-30)20-14-32(18-7-9-19(10-8-18)34-24(25,26)27)23(33)21-22(20)31(15-28-21)12-16-5-3-2-4-6-16;1-24-7-10(6-23-24)13-8-25(16(26)15-14(13)21-9-22-15)11-2-4-12(5-3-11)27-17(18,19)20;1-2;;/h2-11,13-15H,12H2,1H3;2-9H,1H3,(H,21,22);1H3;2*1H4/i;;1D;;. The first-order chi connectivity index (χ1) is 30.5. The molecule has 1 N–H and O–H groups in total. The molecule has 0 bridgehead atoms. The third-order valence-electron chi connectivity index (χ3n) is 9.28. The summed E-state index contributed by atoms with van der Waals surface area (Å²) in [6.45, 7) is 0.511. The SMILES string of the molecule is C.C.Cn1cc(-c2cn(-c3ccc(OC(F)(F)F)cc3)c(=O)c3[nH]cnc23)cn1.Cn1cc(-c2cn(-c3ccc(OC(F)(F)F)cc3)c(=O)c3ncn(Cc4ccccc4)c23)cn1.[2H]CF. The Labute approximate surface area is 366 Å². The average molecular weight is 908 g/mol. The minimum absolute atomic E-state index is 0. The van der Waals surface area contributed by atoms with Gasteiger partial charge >= 0.3 is 12.7 Å². The van der Waals surface area contributed by atoms with Crippen LogP contribution in [0.2, 0.25) is 0 Å². The summed E-state index contributed by atoms with van der Waals surface area (Å²) < 4.78 is 106. The molecule has 21 heteroatoms. The van der Waals surface area contributed by atoms with E-state index < -0.39 is 19.9 Å². The zero-order chi connectivity index (χ0) is 45.8. The summed E-state index contributed by atoms with van der Waals surface area (Å²) in [6, 6.07) is 19.9. The number of rotatable bonds is 8. The molecule has 0 aliphatic carbocycles. The first-order valence-electron chi connectivity index (χ1n) is 19.0. The Hall–Kier alpha value is -7.97. The van der Waals surface area contributed by atoms with Crippen molar-refractivity contribution < 1.29 is 41.6 Å². The molecule has 14 nitrogen and oxygen atoms in total. The van der Waals surface area contributed by atoms with Crippen molar-refractivity contribution in [3.8, 4) is 45.1 Å². The van der Waals surface area contributed by atoms with Gasteiger partial charge in [-0.1, -0.05) is 45.2 Å². The van der Waals surface area contributed by atoms with Crippen LogP contribution in [0.1, 0.15) is 21.8 Å². The average Bonchev–Trinajstić information content (AvgIpc) is 4.08. The van der Waals surface area contributed by atoms with Gasteiger partial charge in [0.25, 0.3) is 11.1 Å². The second-order valence-corrected chi connectivity index (χ2v) is 13.5. The van der Waals surface area contributed by atoms with Gasteiger partial charge in [-0.15, -0.1) is 26.3 Å². The lowest BCUT2D eigenvalue weighted by Gasteiger charge is -2.13. The molecule has 9 aromatic rings. The number of hydrogen-bond acceptors (Lipinski definition) is 8. The number of pyridine rings is 2. The van der Waals surface area contributed by atoms with Gasteiger partial charge in [-0.3, -0.25) is 32.5 Å². The van der Waals surface area contributed by atoms with Gasteiger partial charge in [-0.2, -0.15) is 10.2 Å². The fourth-order valence-corrected chi connectivity index (χ4v) is 6.66. The van der Waals surface area contributed by atoms with Crippen LogP contribution in [0, 0.1) is 0 Å². The highest BCUT2D eigenvalue weighted by atomic mass is 19.4. The summed E-state index contributed by atoms with van der Waals surface area (Å²) in [7, 11) is 2.55. The molecular formula is C44H41F7N10O4. The second kappa shape index (κ2) is 19.6. The Bertz CT molecular complexity index is 3140. The number of fused-ring (bicyclic) bond motifs is 2. The highest BCUT2D eigenvalue weighted by molar-refractivity contribution is 5.92. The van der Waals surface area contributed by atoms with E-state index in [0.717, 1.165) is 41.0 Å². The lowest BCUT2D eigenvalue weighted by molar-refractivity contribution is -0.275. The number of alkyl halides is 7. The van der Waals surface area contributed by atoms with Crippen LogP contribution in [0.4, 0.5) is 30.7 Å². The number of H-pyrrole nitrogens is 1. The van der Waals surface area contributed by atoms with Crippen LogP contribution in [-0.4, -0.2) is 68.1 Å². The Kier molecular flexibility index (Phi) is 14.0. The van der Waals surface area contributed by atoms with Gasteiger partial charge in [-0.25, -0.2) is 9.97 Å². The summed E-state index contributed by atoms with van der Waals surface area (Å²) in [5.41, 5.74) is 5.60. The largest absolute Gasteiger partial charge is 0.573 e. The zero-order valence-electron chi connectivity index (χ0n) is 33.8. The van der Waals surface area contributed by atoms with Crippen molar-refractivity contribution in [1.82, 2.24) is 48.2 Å². The van der Waals surface area contributed by atoms with Crippen LogP contribution in [0.25, 0.3) is 55.7 Å². The van der Waals surface area contributed by atoms with E-state index in [0.29, 0.717) is 40.1 Å². The smallest absolute Gasteiger partial charge is 0.406 e. The van der Waals surface area contributed by atoms with Crippen LogP contribution in [0.3, 0.4) is 0 Å². The number of aryl methyl sites for hydroxylation is 2. The van der Waals surface area contributed by atoms with Gasteiger partial charge in [0.05, 0.1) is 39.1 Å². The van der Waals surface area contributed by atoms with Crippen molar-refractivity contribution in [3.63, 3.8) is 0 Å². The fourth-order valence-electron chi connectivity index (χ4n) is 6.66. The van der Waals surface area contributed by atoms with Gasteiger partial charge in [0, 0.05) is 79.1 Å². The van der Waals surface area contributed by atoms with Gasteiger partial charge < -0.3 is 19.0 Å². The molecule has 0 amide bonds. The third kappa shape index (κ3) is 10.8. The Morgan fingerprint density at radius 2 is 1.15 bits per heavy atom. The number of nitrogens with zero attached hydrogens (tertiary/aromatic N) is 9. The lowest BCUT2D eigenvalue weighted by atomic mass is 10.1. The summed E-state index contributed by atoms with van der Waals surface area (Å²) in [4.78, 5) is 37.5. The number of aromatic nitrogens is 10. The van der Waals surface area contributed by atoms with E-state index in [1.807, 2.05) is 41.1 Å². The number of nitrogens with one attached hydrogen (secondary N) is 1. The number of benzene rings is 3. The van der Waals surface area contributed by atoms with Crippen molar-refractivity contribution in [1.29, 1.82) is 0 Å². The van der Waals surface area contributed by atoms with Gasteiger partial charge in [0.2, 0.25) is 0 Å². The minimum Gasteiger partial charge on any atom is -0.406 e. The first kappa shape index (κ1) is 46.5. The van der Waals surface area contributed by atoms with E-state index in [1.54, 1.807) is 60.8 Å². The number of ether oxygens (including phenoxy) is 2. The Morgan fingerprint density at radius 1 is 0.662 bits per heavy atom. The maximum Gasteiger partial charge on any atom is 0.573 e. The number of aromatic amines is 1. The molecule has 0 unspecified atom stereocenters. The van der Waals surface area contributed by atoms with Crippen LogP contribution < -0.4 is 20.6 Å². The monoisotopic (exact) mass is 907 g/mol. The molecule has 0 fully saturated rings.